The first-order valence-electron chi connectivity index (χ1n) is 10.8. The first-order chi connectivity index (χ1) is 16.3. The smallest absolute Gasteiger partial charge is 0.0748 e. The summed E-state index contributed by atoms with van der Waals surface area (Å²) in [6.07, 6.45) is 5.34. The van der Waals surface area contributed by atoms with Gasteiger partial charge in [-0.3, -0.25) is 9.97 Å². The number of fused-ring (bicyclic) bond motifs is 3. The van der Waals surface area contributed by atoms with Crippen LogP contribution in [0, 0.1) is 19.1 Å². The van der Waals surface area contributed by atoms with Crippen molar-refractivity contribution in [3.05, 3.63) is 127 Å². The molecule has 167 valence electrons. The summed E-state index contributed by atoms with van der Waals surface area (Å²) in [7, 11) is 0. The van der Waals surface area contributed by atoms with Gasteiger partial charge in [0.1, 0.15) is 0 Å². The van der Waals surface area contributed by atoms with Crippen molar-refractivity contribution in [2.24, 2.45) is 0 Å². The fraction of sp³-hybridized carbons (Fsp3) is 0.0333. The maximum absolute atomic E-state index is 4.44. The SMILES string of the molecule is Cc1ccnc2c1ccc1ccc[c-]c12.[Ir].[c-]1ccc(-c2ccccc2)cc1-c1ncccn1. The van der Waals surface area contributed by atoms with Crippen molar-refractivity contribution in [2.45, 2.75) is 6.92 Å². The first kappa shape index (κ1) is 23.4. The predicted octanol–water partition coefficient (Wildman–Crippen LogP) is 7.10. The molecule has 0 aliphatic rings. The summed E-state index contributed by atoms with van der Waals surface area (Å²) >= 11 is 0. The molecule has 0 aliphatic carbocycles. The largest absolute Gasteiger partial charge is 0.304 e. The van der Waals surface area contributed by atoms with Crippen molar-refractivity contribution in [2.75, 3.05) is 0 Å². The zero-order valence-corrected chi connectivity index (χ0v) is 21.0. The Balaban J connectivity index is 0.000000159. The Hall–Kier alpha value is -3.72. The van der Waals surface area contributed by atoms with Crippen molar-refractivity contribution in [3.8, 4) is 22.5 Å². The van der Waals surface area contributed by atoms with Crippen LogP contribution in [0.4, 0.5) is 0 Å². The summed E-state index contributed by atoms with van der Waals surface area (Å²) in [6, 6.07) is 36.8. The molecule has 3 nitrogen and oxygen atoms in total. The molecule has 0 N–H and O–H groups in total. The number of hydrogen-bond donors (Lipinski definition) is 0. The van der Waals surface area contributed by atoms with Crippen LogP contribution in [0.5, 0.6) is 0 Å². The second-order valence-corrected chi connectivity index (χ2v) is 7.65. The van der Waals surface area contributed by atoms with Gasteiger partial charge in [-0.15, -0.1) is 70.4 Å². The Morgan fingerprint density at radius 3 is 2.29 bits per heavy atom. The summed E-state index contributed by atoms with van der Waals surface area (Å²) in [5.74, 6) is 0.704. The molecule has 4 aromatic carbocycles. The molecule has 6 rings (SSSR count). The van der Waals surface area contributed by atoms with Gasteiger partial charge in [0, 0.05) is 38.7 Å². The third kappa shape index (κ3) is 5.09. The van der Waals surface area contributed by atoms with E-state index in [0.29, 0.717) is 5.82 Å². The van der Waals surface area contributed by atoms with E-state index in [-0.39, 0.29) is 20.1 Å². The molecule has 0 aliphatic heterocycles. The number of aryl methyl sites for hydroxylation is 1. The average molecular weight is 616 g/mol. The number of aromatic nitrogens is 3. The molecule has 2 heterocycles. The van der Waals surface area contributed by atoms with Crippen LogP contribution in [-0.2, 0) is 20.1 Å². The predicted molar refractivity (Wildman–Crippen MR) is 135 cm³/mol. The van der Waals surface area contributed by atoms with E-state index in [4.69, 9.17) is 0 Å². The molecule has 0 fully saturated rings. The van der Waals surface area contributed by atoms with E-state index in [0.717, 1.165) is 22.0 Å². The molecule has 0 atom stereocenters. The molecule has 0 saturated carbocycles. The number of benzene rings is 4. The molecule has 1 radical (unpaired) electrons. The molecule has 2 aromatic heterocycles. The minimum Gasteiger partial charge on any atom is -0.304 e. The van der Waals surface area contributed by atoms with Gasteiger partial charge in [0.15, 0.2) is 0 Å². The van der Waals surface area contributed by atoms with E-state index in [1.807, 2.05) is 60.8 Å². The maximum atomic E-state index is 4.44. The average Bonchev–Trinajstić information content (AvgIpc) is 2.90. The zero-order chi connectivity index (χ0) is 22.5. The van der Waals surface area contributed by atoms with Gasteiger partial charge < -0.3 is 4.98 Å². The fourth-order valence-corrected chi connectivity index (χ4v) is 3.79. The molecule has 0 amide bonds. The van der Waals surface area contributed by atoms with Gasteiger partial charge >= 0.3 is 0 Å². The van der Waals surface area contributed by atoms with Crippen molar-refractivity contribution in [1.29, 1.82) is 0 Å². The van der Waals surface area contributed by atoms with Crippen LogP contribution in [0.25, 0.3) is 44.2 Å². The summed E-state index contributed by atoms with van der Waals surface area (Å²) in [5.41, 5.74) is 5.56. The monoisotopic (exact) mass is 616 g/mol. The van der Waals surface area contributed by atoms with Crippen LogP contribution >= 0.6 is 0 Å². The molecule has 0 saturated heterocycles. The van der Waals surface area contributed by atoms with Gasteiger partial charge in [-0.1, -0.05) is 42.5 Å². The van der Waals surface area contributed by atoms with Crippen molar-refractivity contribution < 1.29 is 20.1 Å². The van der Waals surface area contributed by atoms with Crippen molar-refractivity contribution >= 4 is 21.7 Å². The van der Waals surface area contributed by atoms with Crippen LogP contribution in [0.3, 0.4) is 0 Å². The second-order valence-electron chi connectivity index (χ2n) is 7.65. The molecule has 34 heavy (non-hydrogen) atoms. The van der Waals surface area contributed by atoms with Crippen LogP contribution in [0.15, 0.2) is 110 Å². The van der Waals surface area contributed by atoms with Crippen LogP contribution in [-0.4, -0.2) is 15.0 Å². The summed E-state index contributed by atoms with van der Waals surface area (Å²) in [5, 5.41) is 3.52. The number of nitrogens with zero attached hydrogens (tertiary/aromatic N) is 3. The fourth-order valence-electron chi connectivity index (χ4n) is 3.79. The Kier molecular flexibility index (Phi) is 7.54. The third-order valence-corrected chi connectivity index (χ3v) is 5.48. The van der Waals surface area contributed by atoms with Crippen molar-refractivity contribution in [1.82, 2.24) is 15.0 Å². The molecular weight excluding hydrogens is 595 g/mol. The van der Waals surface area contributed by atoms with Gasteiger partial charge in [0.25, 0.3) is 0 Å². The zero-order valence-electron chi connectivity index (χ0n) is 18.6. The van der Waals surface area contributed by atoms with E-state index >= 15 is 0 Å². The number of hydrogen-bond acceptors (Lipinski definition) is 3. The molecule has 0 spiro atoms. The Bertz CT molecular complexity index is 1460. The van der Waals surface area contributed by atoms with E-state index in [2.05, 4.69) is 70.4 Å². The van der Waals surface area contributed by atoms with Gasteiger partial charge in [0.2, 0.25) is 0 Å². The topological polar surface area (TPSA) is 38.7 Å². The summed E-state index contributed by atoms with van der Waals surface area (Å²) < 4.78 is 0. The van der Waals surface area contributed by atoms with E-state index < -0.39 is 0 Å². The standard InChI is InChI=1S/C16H11N2.C14H10N.Ir/c1-2-6-13(7-3-1)14-8-4-9-15(12-14)16-17-10-5-11-18-16;1-10-8-9-15-14-12(10)7-6-11-4-2-3-5-13(11)14;/h1-8,10-12H;2-4,6-9H,1H3;/q2*-1;. The Morgan fingerprint density at radius 2 is 1.47 bits per heavy atom. The van der Waals surface area contributed by atoms with Gasteiger partial charge in [0.05, 0.1) is 5.82 Å². The normalized spacial score (nSPS) is 10.3. The minimum atomic E-state index is 0. The van der Waals surface area contributed by atoms with Crippen molar-refractivity contribution in [3.63, 3.8) is 0 Å². The minimum absolute atomic E-state index is 0. The summed E-state index contributed by atoms with van der Waals surface area (Å²) in [4.78, 5) is 12.9. The van der Waals surface area contributed by atoms with Crippen LogP contribution < -0.4 is 0 Å². The number of rotatable bonds is 2. The Labute approximate surface area is 212 Å². The molecule has 4 heteroatoms. The van der Waals surface area contributed by atoms with Gasteiger partial charge in [-0.2, -0.15) is 0 Å². The van der Waals surface area contributed by atoms with Crippen LogP contribution in [0.1, 0.15) is 5.56 Å². The first-order valence-corrected chi connectivity index (χ1v) is 10.8. The van der Waals surface area contributed by atoms with Crippen LogP contribution in [0.2, 0.25) is 0 Å². The maximum Gasteiger partial charge on any atom is 0.0748 e. The third-order valence-electron chi connectivity index (χ3n) is 5.48. The molecule has 0 unspecified atom stereocenters. The Morgan fingerprint density at radius 1 is 0.647 bits per heavy atom. The quantitative estimate of drug-likeness (QED) is 0.154. The second kappa shape index (κ2) is 10.9. The number of pyridine rings is 1. The molecular formula is C30H21IrN3-2. The van der Waals surface area contributed by atoms with E-state index in [9.17, 15) is 0 Å². The molecule has 0 bridgehead atoms. The molecule has 6 aromatic rings. The summed E-state index contributed by atoms with van der Waals surface area (Å²) in [6.45, 7) is 2.11. The van der Waals surface area contributed by atoms with Gasteiger partial charge in [-0.05, 0) is 41.1 Å². The van der Waals surface area contributed by atoms with Gasteiger partial charge in [-0.25, -0.2) is 0 Å². The van der Waals surface area contributed by atoms with E-state index in [1.54, 1.807) is 12.4 Å². The van der Waals surface area contributed by atoms with E-state index in [1.165, 1.54) is 21.9 Å².